The summed E-state index contributed by atoms with van der Waals surface area (Å²) < 4.78 is 19.2. The van der Waals surface area contributed by atoms with E-state index >= 15 is 0 Å². The van der Waals surface area contributed by atoms with Crippen LogP contribution in [0.3, 0.4) is 0 Å². The van der Waals surface area contributed by atoms with Gasteiger partial charge in [-0.3, -0.25) is 9.36 Å². The molecule has 0 spiro atoms. The molecule has 0 N–H and O–H groups in total. The van der Waals surface area contributed by atoms with E-state index in [-0.39, 0.29) is 18.3 Å². The van der Waals surface area contributed by atoms with E-state index in [4.69, 9.17) is 19.2 Å². The number of benzene rings is 3. The molecule has 0 saturated carbocycles. The van der Waals surface area contributed by atoms with Crippen molar-refractivity contribution in [3.63, 3.8) is 0 Å². The number of thiazole rings is 1. The van der Waals surface area contributed by atoms with Gasteiger partial charge in [0.1, 0.15) is 11.5 Å². The van der Waals surface area contributed by atoms with Crippen molar-refractivity contribution in [2.75, 3.05) is 13.2 Å². The highest BCUT2D eigenvalue weighted by atomic mass is 32.1. The molecule has 8 heteroatoms. The van der Waals surface area contributed by atoms with Gasteiger partial charge in [-0.05, 0) is 68.7 Å². The van der Waals surface area contributed by atoms with Crippen molar-refractivity contribution < 1.29 is 19.0 Å². The Morgan fingerprint density at radius 3 is 2.31 bits per heavy atom. The fourth-order valence-corrected chi connectivity index (χ4v) is 5.79. The zero-order chi connectivity index (χ0) is 29.6. The van der Waals surface area contributed by atoms with E-state index in [9.17, 15) is 9.59 Å². The first-order chi connectivity index (χ1) is 20.4. The topological polar surface area (TPSA) is 79.1 Å². The van der Waals surface area contributed by atoms with Crippen LogP contribution in [0.15, 0.2) is 94.2 Å². The smallest absolute Gasteiger partial charge is 0.338 e. The van der Waals surface area contributed by atoms with Gasteiger partial charge >= 0.3 is 5.97 Å². The van der Waals surface area contributed by atoms with Gasteiger partial charge in [0.05, 0.1) is 41.2 Å². The highest BCUT2D eigenvalue weighted by molar-refractivity contribution is 7.07. The number of esters is 1. The molecule has 2 heterocycles. The van der Waals surface area contributed by atoms with Crippen LogP contribution in [0.5, 0.6) is 11.5 Å². The SMILES string of the molecule is CCCOc1ccc(/C=c2/sc3n(c2=O)[C@H](c2ccc(OC(C)C)cc2)C(C(=O)OCC)=C(c2ccccc2)N=3)cc1. The predicted molar refractivity (Wildman–Crippen MR) is 165 cm³/mol. The van der Waals surface area contributed by atoms with Crippen LogP contribution >= 0.6 is 11.3 Å². The van der Waals surface area contributed by atoms with Crippen LogP contribution in [0.1, 0.15) is 56.8 Å². The average Bonchev–Trinajstić information content (AvgIpc) is 3.30. The van der Waals surface area contributed by atoms with Gasteiger partial charge in [0, 0.05) is 5.56 Å². The summed E-state index contributed by atoms with van der Waals surface area (Å²) in [6.45, 7) is 8.60. The number of hydrogen-bond acceptors (Lipinski definition) is 7. The van der Waals surface area contributed by atoms with Gasteiger partial charge in [-0.15, -0.1) is 0 Å². The average molecular weight is 583 g/mol. The molecule has 3 aromatic carbocycles. The predicted octanol–water partition coefficient (Wildman–Crippen LogP) is 5.51. The molecule has 0 saturated heterocycles. The molecule has 0 fully saturated rings. The molecule has 1 atom stereocenters. The van der Waals surface area contributed by atoms with E-state index in [2.05, 4.69) is 6.92 Å². The third kappa shape index (κ3) is 6.24. The van der Waals surface area contributed by atoms with Gasteiger partial charge in [-0.2, -0.15) is 0 Å². The zero-order valence-corrected chi connectivity index (χ0v) is 25.0. The molecular weight excluding hydrogens is 548 g/mol. The Bertz CT molecular complexity index is 1750. The number of ether oxygens (including phenoxy) is 3. The van der Waals surface area contributed by atoms with Gasteiger partial charge in [0.25, 0.3) is 5.56 Å². The number of fused-ring (bicyclic) bond motifs is 1. The molecular formula is C34H34N2O5S. The van der Waals surface area contributed by atoms with Crippen molar-refractivity contribution in [3.05, 3.63) is 121 Å². The van der Waals surface area contributed by atoms with Crippen LogP contribution < -0.4 is 24.4 Å². The monoisotopic (exact) mass is 582 g/mol. The Morgan fingerprint density at radius 2 is 1.67 bits per heavy atom. The fraction of sp³-hybridized carbons (Fsp3) is 0.265. The lowest BCUT2D eigenvalue weighted by Gasteiger charge is -2.26. The summed E-state index contributed by atoms with van der Waals surface area (Å²) in [5, 5.41) is 0. The second-order valence-corrected chi connectivity index (χ2v) is 11.1. The summed E-state index contributed by atoms with van der Waals surface area (Å²) in [6, 6.07) is 23.9. The van der Waals surface area contributed by atoms with Crippen LogP contribution in [0.2, 0.25) is 0 Å². The van der Waals surface area contributed by atoms with Crippen LogP contribution in [-0.2, 0) is 9.53 Å². The molecule has 0 radical (unpaired) electrons. The minimum atomic E-state index is -0.740. The number of rotatable bonds is 10. The molecule has 0 unspecified atom stereocenters. The maximum atomic E-state index is 14.0. The molecule has 1 aliphatic rings. The van der Waals surface area contributed by atoms with E-state index in [0.717, 1.165) is 28.9 Å². The first-order valence-corrected chi connectivity index (χ1v) is 15.0. The lowest BCUT2D eigenvalue weighted by atomic mass is 9.93. The number of nitrogens with zero attached hydrogens (tertiary/aromatic N) is 2. The molecule has 0 amide bonds. The van der Waals surface area contributed by atoms with E-state index in [0.29, 0.717) is 33.0 Å². The van der Waals surface area contributed by atoms with Crippen LogP contribution in [0.25, 0.3) is 11.8 Å². The molecule has 7 nitrogen and oxygen atoms in total. The molecule has 42 heavy (non-hydrogen) atoms. The third-order valence-corrected chi connectivity index (χ3v) is 7.57. The van der Waals surface area contributed by atoms with Crippen LogP contribution in [0, 0.1) is 0 Å². The number of carbonyl (C=O) groups is 1. The molecule has 0 aliphatic carbocycles. The van der Waals surface area contributed by atoms with Crippen LogP contribution in [-0.4, -0.2) is 29.9 Å². The number of carbonyl (C=O) groups excluding carboxylic acids is 1. The molecule has 1 aromatic heterocycles. The van der Waals surface area contributed by atoms with E-state index < -0.39 is 12.0 Å². The summed E-state index contributed by atoms with van der Waals surface area (Å²) in [5.74, 6) is 0.981. The Balaban J connectivity index is 1.71. The first kappa shape index (κ1) is 29.1. The Labute approximate surface area is 249 Å². The lowest BCUT2D eigenvalue weighted by Crippen LogP contribution is -2.40. The van der Waals surface area contributed by atoms with Gasteiger partial charge < -0.3 is 14.2 Å². The molecule has 5 rings (SSSR count). The first-order valence-electron chi connectivity index (χ1n) is 14.2. The maximum Gasteiger partial charge on any atom is 0.338 e. The molecule has 0 bridgehead atoms. The number of hydrogen-bond donors (Lipinski definition) is 0. The Kier molecular flexibility index (Phi) is 9.03. The third-order valence-electron chi connectivity index (χ3n) is 6.59. The minimum absolute atomic E-state index is 0.0143. The minimum Gasteiger partial charge on any atom is -0.494 e. The van der Waals surface area contributed by atoms with Gasteiger partial charge in [0.15, 0.2) is 4.80 Å². The summed E-state index contributed by atoms with van der Waals surface area (Å²) in [4.78, 5) is 33.1. The molecule has 1 aliphatic heterocycles. The second-order valence-electron chi connectivity index (χ2n) is 10.1. The van der Waals surface area contributed by atoms with E-state index in [1.54, 1.807) is 11.5 Å². The Morgan fingerprint density at radius 1 is 0.976 bits per heavy atom. The fourth-order valence-electron chi connectivity index (χ4n) is 4.79. The van der Waals surface area contributed by atoms with Crippen molar-refractivity contribution in [3.8, 4) is 11.5 Å². The van der Waals surface area contributed by atoms with Gasteiger partial charge in [-0.1, -0.05) is 72.9 Å². The summed E-state index contributed by atoms with van der Waals surface area (Å²) in [6.07, 6.45) is 2.79. The van der Waals surface area contributed by atoms with Crippen LogP contribution in [0.4, 0.5) is 0 Å². The highest BCUT2D eigenvalue weighted by Crippen LogP contribution is 2.35. The highest BCUT2D eigenvalue weighted by Gasteiger charge is 2.35. The summed E-state index contributed by atoms with van der Waals surface area (Å²) in [5.41, 5.74) is 2.96. The molecule has 4 aromatic rings. The largest absolute Gasteiger partial charge is 0.494 e. The van der Waals surface area contributed by atoms with E-state index in [1.807, 2.05) is 98.8 Å². The van der Waals surface area contributed by atoms with Crippen molar-refractivity contribution in [1.29, 1.82) is 0 Å². The zero-order valence-electron chi connectivity index (χ0n) is 24.2. The lowest BCUT2D eigenvalue weighted by molar-refractivity contribution is -0.138. The summed E-state index contributed by atoms with van der Waals surface area (Å²) in [7, 11) is 0. The van der Waals surface area contributed by atoms with Crippen molar-refractivity contribution in [2.24, 2.45) is 4.99 Å². The molecule has 216 valence electrons. The number of aromatic nitrogens is 1. The summed E-state index contributed by atoms with van der Waals surface area (Å²) >= 11 is 1.30. The standard InChI is InChI=1S/C34H34N2O5S/c1-5-20-40-26-16-12-23(13-17-26)21-28-32(37)36-31(25-14-18-27(19-15-25)41-22(3)4)29(33(38)39-6-2)30(35-34(36)42-28)24-10-8-7-9-11-24/h7-19,21-22,31H,5-6,20H2,1-4H3/b28-21+/t31-/m1/s1. The maximum absolute atomic E-state index is 14.0. The van der Waals surface area contributed by atoms with Crippen molar-refractivity contribution >= 4 is 29.1 Å². The second kappa shape index (κ2) is 13.0. The van der Waals surface area contributed by atoms with E-state index in [1.165, 1.54) is 11.3 Å². The van der Waals surface area contributed by atoms with Crippen molar-refractivity contribution in [2.45, 2.75) is 46.3 Å². The van der Waals surface area contributed by atoms with Gasteiger partial charge in [0.2, 0.25) is 0 Å². The quantitative estimate of drug-likeness (QED) is 0.231. The Hall–Kier alpha value is -4.43. The van der Waals surface area contributed by atoms with Gasteiger partial charge in [-0.25, -0.2) is 9.79 Å². The normalized spacial score (nSPS) is 14.9. The van der Waals surface area contributed by atoms with Crippen molar-refractivity contribution in [1.82, 2.24) is 4.57 Å².